The van der Waals surface area contributed by atoms with Crippen LogP contribution in [0.4, 0.5) is 5.69 Å². The number of pyridine rings is 1. The van der Waals surface area contributed by atoms with E-state index in [0.717, 1.165) is 72.6 Å². The molecule has 0 spiro atoms. The molecule has 0 aliphatic carbocycles. The molecule has 3 aliphatic rings. The summed E-state index contributed by atoms with van der Waals surface area (Å²) in [5.74, 6) is 0.266. The molecule has 14 heteroatoms. The zero-order chi connectivity index (χ0) is 33.3. The number of ether oxygens (including phenoxy) is 4. The fourth-order valence-corrected chi connectivity index (χ4v) is 5.95. The molecule has 14 nitrogen and oxygen atoms in total. The Morgan fingerprint density at radius 2 is 1.83 bits per heavy atom. The van der Waals surface area contributed by atoms with Gasteiger partial charge in [-0.05, 0) is 43.2 Å². The van der Waals surface area contributed by atoms with Gasteiger partial charge in [-0.15, -0.1) is 0 Å². The highest BCUT2D eigenvalue weighted by atomic mass is 16.7. The van der Waals surface area contributed by atoms with E-state index in [1.165, 1.54) is 12.8 Å². The number of carboxylic acids is 1. The van der Waals surface area contributed by atoms with Gasteiger partial charge in [0.25, 0.3) is 0 Å². The van der Waals surface area contributed by atoms with Crippen LogP contribution in [0.5, 0.6) is 5.75 Å². The minimum absolute atomic E-state index is 0.112. The molecule has 5 unspecified atom stereocenters. The van der Waals surface area contributed by atoms with Crippen LogP contribution in [0.1, 0.15) is 19.8 Å². The minimum atomic E-state index is -1.67. The summed E-state index contributed by atoms with van der Waals surface area (Å²) in [6, 6.07) is 17.0. The first kappa shape index (κ1) is 33.0. The quantitative estimate of drug-likeness (QED) is 0.193. The maximum Gasteiger partial charge on any atom is 0.335 e. The maximum atomic E-state index is 10.5. The second kappa shape index (κ2) is 13.7. The van der Waals surface area contributed by atoms with Crippen molar-refractivity contribution in [2.24, 2.45) is 11.1 Å². The van der Waals surface area contributed by atoms with Crippen LogP contribution in [0.15, 0.2) is 54.9 Å². The number of methoxy groups -OCH3 is 1. The fourth-order valence-electron chi connectivity index (χ4n) is 5.95. The molecule has 2 aromatic carbocycles. The summed E-state index contributed by atoms with van der Waals surface area (Å²) in [6.45, 7) is 6.27. The molecule has 252 valence electrons. The van der Waals surface area contributed by atoms with E-state index in [1.54, 1.807) is 0 Å². The summed E-state index contributed by atoms with van der Waals surface area (Å²) >= 11 is 0. The number of rotatable bonds is 7. The number of aliphatic hydroxyl groups excluding tert-OH is 3. The van der Waals surface area contributed by atoms with Crippen LogP contribution in [0.2, 0.25) is 0 Å². The van der Waals surface area contributed by atoms with E-state index in [1.807, 2.05) is 23.0 Å². The zero-order valence-electron chi connectivity index (χ0n) is 26.3. The van der Waals surface area contributed by atoms with Crippen molar-refractivity contribution >= 4 is 33.6 Å². The summed E-state index contributed by atoms with van der Waals surface area (Å²) < 4.78 is 22.7. The van der Waals surface area contributed by atoms with Crippen molar-refractivity contribution < 1.29 is 44.2 Å². The van der Waals surface area contributed by atoms with Gasteiger partial charge in [0.15, 0.2) is 12.4 Å². The minimum Gasteiger partial charge on any atom is -0.493 e. The Bertz CT molecular complexity index is 1700. The van der Waals surface area contributed by atoms with Crippen LogP contribution in [0.3, 0.4) is 0 Å². The Kier molecular flexibility index (Phi) is 9.62. The van der Waals surface area contributed by atoms with Crippen molar-refractivity contribution in [3.63, 3.8) is 0 Å². The van der Waals surface area contributed by atoms with Gasteiger partial charge >= 0.3 is 5.97 Å². The van der Waals surface area contributed by atoms with E-state index in [4.69, 9.17) is 30.0 Å². The lowest BCUT2D eigenvalue weighted by Gasteiger charge is -2.37. The van der Waals surface area contributed by atoms with Crippen molar-refractivity contribution in [1.29, 1.82) is 0 Å². The molecule has 7 rings (SSSR count). The SMILES string of the molecule is CC1(COc2ccc3c(c2)ncn3-c2ccc3cccc(N4CCC(N)CC4)c3n2)COC1.COC1OC(C(=O)O)C(O)C(O)C1O. The number of hydrogen-bond donors (Lipinski definition) is 5. The lowest BCUT2D eigenvalue weighted by atomic mass is 9.90. The van der Waals surface area contributed by atoms with Crippen molar-refractivity contribution in [3.05, 3.63) is 54.9 Å². The highest BCUT2D eigenvalue weighted by Crippen LogP contribution is 2.31. The number of para-hydroxylation sites is 1. The van der Waals surface area contributed by atoms with Crippen molar-refractivity contribution in [2.75, 3.05) is 44.9 Å². The largest absolute Gasteiger partial charge is 0.493 e. The number of aliphatic hydroxyl groups is 3. The van der Waals surface area contributed by atoms with Gasteiger partial charge in [0.05, 0.1) is 42.1 Å². The predicted octanol–water partition coefficient (Wildman–Crippen LogP) is 1.44. The lowest BCUT2D eigenvalue weighted by molar-refractivity contribution is -0.287. The fraction of sp³-hybridized carbons (Fsp3) is 0.485. The average Bonchev–Trinajstić information content (AvgIpc) is 3.49. The van der Waals surface area contributed by atoms with Crippen LogP contribution in [-0.4, -0.2) is 118 Å². The molecule has 3 fully saturated rings. The maximum absolute atomic E-state index is 10.5. The number of imidazole rings is 1. The molecule has 0 saturated carbocycles. The second-order valence-electron chi connectivity index (χ2n) is 12.7. The van der Waals surface area contributed by atoms with Crippen molar-refractivity contribution in [3.8, 4) is 11.6 Å². The summed E-state index contributed by atoms with van der Waals surface area (Å²) in [7, 11) is 1.19. The zero-order valence-corrected chi connectivity index (χ0v) is 26.3. The molecule has 6 N–H and O–H groups in total. The van der Waals surface area contributed by atoms with Gasteiger partial charge in [-0.3, -0.25) is 4.57 Å². The Morgan fingerprint density at radius 3 is 2.51 bits per heavy atom. The highest BCUT2D eigenvalue weighted by Gasteiger charge is 2.47. The van der Waals surface area contributed by atoms with Gasteiger partial charge < -0.3 is 50.0 Å². The summed E-state index contributed by atoms with van der Waals surface area (Å²) in [5, 5.41) is 37.4. The predicted molar refractivity (Wildman–Crippen MR) is 172 cm³/mol. The Labute approximate surface area is 271 Å². The van der Waals surface area contributed by atoms with Crippen molar-refractivity contribution in [1.82, 2.24) is 14.5 Å². The number of nitrogens with zero attached hydrogens (tertiary/aromatic N) is 4. The standard InChI is InChI=1S/C26H29N5O2.C7H12O7/c1-26(14-32-15-26)16-33-20-6-7-22-21(13-20)28-17-31(22)24-8-5-18-3-2-4-23(25(18)29-24)30-11-9-19(27)10-12-30;1-13-7-4(10)2(8)3(9)5(14-7)6(11)12/h2-8,13,17,19H,9-12,14-16,27H2,1H3;2-5,7-10H,1H3,(H,11,12). The average molecular weight is 652 g/mol. The van der Waals surface area contributed by atoms with Gasteiger partial charge in [-0.25, -0.2) is 14.8 Å². The van der Waals surface area contributed by atoms with Gasteiger partial charge in [0.1, 0.15) is 36.2 Å². The van der Waals surface area contributed by atoms with Crippen LogP contribution in [-0.2, 0) is 19.0 Å². The first-order chi connectivity index (χ1) is 22.6. The first-order valence-corrected chi connectivity index (χ1v) is 15.6. The van der Waals surface area contributed by atoms with Gasteiger partial charge in [0.2, 0.25) is 0 Å². The molecule has 5 heterocycles. The number of aromatic nitrogens is 3. The van der Waals surface area contributed by atoms with E-state index in [0.29, 0.717) is 12.6 Å². The molecule has 0 bridgehead atoms. The Balaban J connectivity index is 0.000000233. The smallest absolute Gasteiger partial charge is 0.335 e. The van der Waals surface area contributed by atoms with Crippen LogP contribution in [0.25, 0.3) is 27.8 Å². The molecular formula is C33H41N5O9. The Morgan fingerprint density at radius 1 is 1.06 bits per heavy atom. The monoisotopic (exact) mass is 651 g/mol. The second-order valence-corrected chi connectivity index (χ2v) is 12.7. The number of benzene rings is 2. The molecule has 0 amide bonds. The van der Waals surface area contributed by atoms with Gasteiger partial charge in [-0.2, -0.15) is 0 Å². The van der Waals surface area contributed by atoms with Crippen LogP contribution >= 0.6 is 0 Å². The number of fused-ring (bicyclic) bond motifs is 2. The third-order valence-electron chi connectivity index (χ3n) is 8.86. The molecule has 0 radical (unpaired) electrons. The number of aliphatic carboxylic acids is 1. The van der Waals surface area contributed by atoms with Gasteiger partial charge in [-0.1, -0.05) is 19.1 Å². The Hall–Kier alpha value is -3.89. The number of carboxylic acid groups (broad SMARTS) is 1. The van der Waals surface area contributed by atoms with E-state index in [2.05, 4.69) is 57.9 Å². The number of nitrogens with two attached hydrogens (primary N) is 1. The number of hydrogen-bond acceptors (Lipinski definition) is 12. The van der Waals surface area contributed by atoms with Crippen LogP contribution in [0, 0.1) is 5.41 Å². The van der Waals surface area contributed by atoms with E-state index >= 15 is 0 Å². The molecule has 47 heavy (non-hydrogen) atoms. The van der Waals surface area contributed by atoms with Gasteiger partial charge in [0, 0.05) is 43.1 Å². The molecule has 5 atom stereocenters. The molecule has 4 aromatic rings. The molecule has 3 saturated heterocycles. The number of piperidine rings is 1. The molecular weight excluding hydrogens is 610 g/mol. The normalized spacial score (nSPS) is 26.0. The third kappa shape index (κ3) is 6.90. The van der Waals surface area contributed by atoms with E-state index < -0.39 is 36.7 Å². The topological polar surface area (TPSA) is 195 Å². The highest BCUT2D eigenvalue weighted by molar-refractivity contribution is 5.92. The van der Waals surface area contributed by atoms with Crippen molar-refractivity contribution in [2.45, 2.75) is 56.5 Å². The summed E-state index contributed by atoms with van der Waals surface area (Å²) in [6.07, 6.45) is -3.73. The van der Waals surface area contributed by atoms with Crippen LogP contribution < -0.4 is 15.4 Å². The summed E-state index contributed by atoms with van der Waals surface area (Å²) in [4.78, 5) is 22.7. The third-order valence-corrected chi connectivity index (χ3v) is 8.86. The number of anilines is 1. The lowest BCUT2D eigenvalue weighted by Crippen LogP contribution is -2.60. The molecule has 2 aromatic heterocycles. The van der Waals surface area contributed by atoms with E-state index in [-0.39, 0.29) is 5.41 Å². The van der Waals surface area contributed by atoms with E-state index in [9.17, 15) is 20.1 Å². The first-order valence-electron chi connectivity index (χ1n) is 15.6. The summed E-state index contributed by atoms with van der Waals surface area (Å²) in [5.41, 5.74) is 10.3. The number of carbonyl (C=O) groups is 1. The molecule has 3 aliphatic heterocycles.